The first-order chi connectivity index (χ1) is 15.0. The Morgan fingerprint density at radius 2 is 2.00 bits per heavy atom. The van der Waals surface area contributed by atoms with Gasteiger partial charge in [0.25, 0.3) is 11.5 Å². The number of hydrogen-bond donors (Lipinski definition) is 1. The van der Waals surface area contributed by atoms with Crippen LogP contribution in [0.5, 0.6) is 5.75 Å². The van der Waals surface area contributed by atoms with Crippen LogP contribution < -0.4 is 15.6 Å². The number of aryl methyl sites for hydroxylation is 1. The van der Waals surface area contributed by atoms with Gasteiger partial charge in [-0.25, -0.2) is 0 Å². The summed E-state index contributed by atoms with van der Waals surface area (Å²) in [7, 11) is 1.64. The summed E-state index contributed by atoms with van der Waals surface area (Å²) in [4.78, 5) is 24.3. The van der Waals surface area contributed by atoms with E-state index in [9.17, 15) is 9.59 Å². The minimum atomic E-state index is -0.366. The molecule has 1 aromatic carbocycles. The third kappa shape index (κ3) is 4.30. The predicted molar refractivity (Wildman–Crippen MR) is 108 cm³/mol. The smallest absolute Gasteiger partial charge is 0.295 e. The Balaban J connectivity index is 1.30. The van der Waals surface area contributed by atoms with Crippen molar-refractivity contribution in [2.75, 3.05) is 6.54 Å². The second-order valence-electron chi connectivity index (χ2n) is 6.72. The van der Waals surface area contributed by atoms with Gasteiger partial charge in [0, 0.05) is 32.4 Å². The highest BCUT2D eigenvalue weighted by atomic mass is 16.5. The highest BCUT2D eigenvalue weighted by Crippen LogP contribution is 2.15. The number of aromatic nitrogens is 4. The van der Waals surface area contributed by atoms with Gasteiger partial charge in [0.15, 0.2) is 5.76 Å². The lowest BCUT2D eigenvalue weighted by Gasteiger charge is -2.04. The summed E-state index contributed by atoms with van der Waals surface area (Å²) in [6.45, 7) is 0.451. The number of carbonyl (C=O) groups excluding carboxylic acids is 1. The van der Waals surface area contributed by atoms with Crippen LogP contribution in [0.2, 0.25) is 0 Å². The van der Waals surface area contributed by atoms with E-state index < -0.39 is 0 Å². The number of nitrogens with one attached hydrogen (secondary N) is 1. The Hall–Kier alpha value is -4.39. The molecule has 31 heavy (non-hydrogen) atoms. The molecule has 0 unspecified atom stereocenters. The summed E-state index contributed by atoms with van der Waals surface area (Å²) in [5.74, 6) is 1.46. The first-order valence-electron chi connectivity index (χ1n) is 9.44. The molecule has 0 aliphatic heterocycles. The van der Waals surface area contributed by atoms with Gasteiger partial charge in [-0.2, -0.15) is 5.26 Å². The average Bonchev–Trinajstić information content (AvgIpc) is 3.43. The zero-order valence-electron chi connectivity index (χ0n) is 16.6. The van der Waals surface area contributed by atoms with Crippen molar-refractivity contribution in [1.82, 2.24) is 24.5 Å². The van der Waals surface area contributed by atoms with Crippen molar-refractivity contribution in [1.29, 1.82) is 5.26 Å². The monoisotopic (exact) mass is 418 g/mol. The summed E-state index contributed by atoms with van der Waals surface area (Å²) in [6.07, 6.45) is 3.74. The summed E-state index contributed by atoms with van der Waals surface area (Å²) < 4.78 is 14.2. The van der Waals surface area contributed by atoms with Gasteiger partial charge in [-0.3, -0.25) is 14.0 Å². The van der Waals surface area contributed by atoms with Crippen LogP contribution in [-0.4, -0.2) is 31.6 Å². The lowest BCUT2D eigenvalue weighted by atomic mass is 10.2. The quantitative estimate of drug-likeness (QED) is 0.481. The Kier molecular flexibility index (Phi) is 5.49. The molecule has 0 saturated heterocycles. The zero-order chi connectivity index (χ0) is 21.8. The summed E-state index contributed by atoms with van der Waals surface area (Å²) in [6, 6.07) is 12.0. The van der Waals surface area contributed by atoms with Crippen molar-refractivity contribution in [3.8, 4) is 11.8 Å². The molecule has 3 aromatic heterocycles. The minimum absolute atomic E-state index is 0.153. The van der Waals surface area contributed by atoms with Crippen LogP contribution in [0, 0.1) is 11.3 Å². The molecule has 0 bridgehead atoms. The molecule has 0 fully saturated rings. The largest absolute Gasteiger partial charge is 0.486 e. The van der Waals surface area contributed by atoms with Crippen molar-refractivity contribution in [3.63, 3.8) is 0 Å². The van der Waals surface area contributed by atoms with E-state index in [-0.39, 0.29) is 29.5 Å². The van der Waals surface area contributed by atoms with Gasteiger partial charge in [-0.1, -0.05) is 0 Å². The number of carbonyl (C=O) groups is 1. The molecule has 0 saturated carbocycles. The third-order valence-electron chi connectivity index (χ3n) is 4.60. The number of nitrogens with zero attached hydrogens (tertiary/aromatic N) is 5. The Bertz CT molecular complexity index is 1330. The van der Waals surface area contributed by atoms with Crippen LogP contribution in [0.25, 0.3) is 5.65 Å². The highest BCUT2D eigenvalue weighted by Gasteiger charge is 2.13. The SMILES string of the molecule is Cn1ccn2c(CCNC(=O)c3ccc(COc4ccc(C#N)cc4)o3)nnc2c1=O. The number of amides is 1. The minimum Gasteiger partial charge on any atom is -0.486 e. The fourth-order valence-electron chi connectivity index (χ4n) is 2.92. The van der Waals surface area contributed by atoms with Crippen LogP contribution >= 0.6 is 0 Å². The van der Waals surface area contributed by atoms with E-state index in [1.165, 1.54) is 4.57 Å². The average molecular weight is 418 g/mol. The number of fused-ring (bicyclic) bond motifs is 1. The van der Waals surface area contributed by atoms with E-state index in [0.717, 1.165) is 0 Å². The van der Waals surface area contributed by atoms with Crippen molar-refractivity contribution >= 4 is 11.6 Å². The molecule has 156 valence electrons. The summed E-state index contributed by atoms with van der Waals surface area (Å²) in [5, 5.41) is 19.5. The molecule has 3 heterocycles. The van der Waals surface area contributed by atoms with Crippen LogP contribution in [0.15, 0.2) is 58.0 Å². The van der Waals surface area contributed by atoms with Crippen LogP contribution in [0.1, 0.15) is 27.7 Å². The number of furan rings is 1. The van der Waals surface area contributed by atoms with E-state index in [4.69, 9.17) is 14.4 Å². The standard InChI is InChI=1S/C21H18N6O4/c1-26-10-11-27-18(24-25-19(27)21(26)29)8-9-23-20(28)17-7-6-16(31-17)13-30-15-4-2-14(12-22)3-5-15/h2-7,10-11H,8-9,13H2,1H3,(H,23,28). The van der Waals surface area contributed by atoms with Gasteiger partial charge in [-0.15, -0.1) is 10.2 Å². The predicted octanol–water partition coefficient (Wildman–Crippen LogP) is 1.44. The second kappa shape index (κ2) is 8.54. The fraction of sp³-hybridized carbons (Fsp3) is 0.190. The van der Waals surface area contributed by atoms with Gasteiger partial charge < -0.3 is 19.0 Å². The molecule has 0 atom stereocenters. The van der Waals surface area contributed by atoms with Crippen molar-refractivity contribution in [2.24, 2.45) is 7.05 Å². The Morgan fingerprint density at radius 3 is 2.77 bits per heavy atom. The molecule has 4 aromatic rings. The molecule has 1 N–H and O–H groups in total. The van der Waals surface area contributed by atoms with Gasteiger partial charge in [0.05, 0.1) is 11.6 Å². The van der Waals surface area contributed by atoms with Crippen LogP contribution in [0.4, 0.5) is 0 Å². The van der Waals surface area contributed by atoms with E-state index >= 15 is 0 Å². The molecule has 10 nitrogen and oxygen atoms in total. The third-order valence-corrected chi connectivity index (χ3v) is 4.60. The molecule has 10 heteroatoms. The molecule has 0 aliphatic rings. The normalized spacial score (nSPS) is 10.7. The van der Waals surface area contributed by atoms with Gasteiger partial charge in [-0.05, 0) is 36.4 Å². The van der Waals surface area contributed by atoms with E-state index in [0.29, 0.717) is 35.9 Å². The molecule has 0 spiro atoms. The highest BCUT2D eigenvalue weighted by molar-refractivity contribution is 5.91. The Morgan fingerprint density at radius 1 is 1.19 bits per heavy atom. The molecule has 1 amide bonds. The number of benzene rings is 1. The molecule has 4 rings (SSSR count). The van der Waals surface area contributed by atoms with Crippen molar-refractivity contribution < 1.29 is 13.9 Å². The molecule has 0 aliphatic carbocycles. The second-order valence-corrected chi connectivity index (χ2v) is 6.72. The van der Waals surface area contributed by atoms with E-state index in [2.05, 4.69) is 15.5 Å². The molecular weight excluding hydrogens is 400 g/mol. The first kappa shape index (κ1) is 19.9. The maximum Gasteiger partial charge on any atom is 0.295 e. The maximum atomic E-state index is 12.3. The number of hydrogen-bond acceptors (Lipinski definition) is 7. The van der Waals surface area contributed by atoms with Crippen LogP contribution in [-0.2, 0) is 20.1 Å². The van der Waals surface area contributed by atoms with E-state index in [1.807, 2.05) is 6.07 Å². The lowest BCUT2D eigenvalue weighted by molar-refractivity contribution is 0.0922. The number of nitriles is 1. The van der Waals surface area contributed by atoms with Crippen molar-refractivity contribution in [2.45, 2.75) is 13.0 Å². The van der Waals surface area contributed by atoms with Crippen LogP contribution in [0.3, 0.4) is 0 Å². The number of rotatable bonds is 7. The van der Waals surface area contributed by atoms with Gasteiger partial charge in [0.1, 0.15) is 23.9 Å². The summed E-state index contributed by atoms with van der Waals surface area (Å²) >= 11 is 0. The van der Waals surface area contributed by atoms with E-state index in [1.54, 1.807) is 60.2 Å². The number of ether oxygens (including phenoxy) is 1. The summed E-state index contributed by atoms with van der Waals surface area (Å²) in [5.41, 5.74) is 0.548. The topological polar surface area (TPSA) is 127 Å². The van der Waals surface area contributed by atoms with Crippen molar-refractivity contribution in [3.05, 3.63) is 82.1 Å². The zero-order valence-corrected chi connectivity index (χ0v) is 16.6. The lowest BCUT2D eigenvalue weighted by Crippen LogP contribution is -2.26. The first-order valence-corrected chi connectivity index (χ1v) is 9.44. The fourth-order valence-corrected chi connectivity index (χ4v) is 2.92. The molecular formula is C21H18N6O4. The Labute approximate surface area is 176 Å². The van der Waals surface area contributed by atoms with Gasteiger partial charge in [0.2, 0.25) is 5.65 Å². The van der Waals surface area contributed by atoms with Gasteiger partial charge >= 0.3 is 0 Å². The molecule has 0 radical (unpaired) electrons. The maximum absolute atomic E-state index is 12.3.